The van der Waals surface area contributed by atoms with Crippen LogP contribution >= 0.6 is 0 Å². The van der Waals surface area contributed by atoms with Crippen molar-refractivity contribution in [3.05, 3.63) is 113 Å². The molecule has 6 heteroatoms. The van der Waals surface area contributed by atoms with Crippen LogP contribution < -0.4 is 0 Å². The summed E-state index contributed by atoms with van der Waals surface area (Å²) in [5.41, 5.74) is 2.78. The normalized spacial score (nSPS) is 18.9. The zero-order valence-corrected chi connectivity index (χ0v) is 18.8. The average Bonchev–Trinajstić information content (AvgIpc) is 3.22. The maximum atomic E-state index is 14.0. The summed E-state index contributed by atoms with van der Waals surface area (Å²) in [6.45, 7) is 3.85. The Morgan fingerprint density at radius 1 is 0.875 bits per heavy atom. The molecule has 164 valence electrons. The van der Waals surface area contributed by atoms with E-state index in [4.69, 9.17) is 4.74 Å². The Hall–Kier alpha value is -3.22. The number of carbonyl (C=O) groups is 1. The molecule has 1 aliphatic rings. The molecule has 32 heavy (non-hydrogen) atoms. The van der Waals surface area contributed by atoms with E-state index >= 15 is 0 Å². The van der Waals surface area contributed by atoms with Gasteiger partial charge >= 0.3 is 5.97 Å². The van der Waals surface area contributed by atoms with Crippen LogP contribution in [-0.2, 0) is 19.6 Å². The number of benzene rings is 3. The van der Waals surface area contributed by atoms with E-state index < -0.39 is 28.1 Å². The zero-order chi connectivity index (χ0) is 22.7. The van der Waals surface area contributed by atoms with Crippen molar-refractivity contribution < 1.29 is 17.9 Å². The van der Waals surface area contributed by atoms with E-state index in [9.17, 15) is 13.2 Å². The highest BCUT2D eigenvalue weighted by Gasteiger charge is 2.46. The van der Waals surface area contributed by atoms with Gasteiger partial charge in [-0.05, 0) is 43.2 Å². The molecule has 0 fully saturated rings. The third kappa shape index (κ3) is 4.11. The Morgan fingerprint density at radius 2 is 1.44 bits per heavy atom. The summed E-state index contributed by atoms with van der Waals surface area (Å²) >= 11 is 0. The first kappa shape index (κ1) is 22.0. The van der Waals surface area contributed by atoms with Gasteiger partial charge < -0.3 is 4.74 Å². The van der Waals surface area contributed by atoms with Crippen molar-refractivity contribution >= 4 is 16.0 Å². The quantitative estimate of drug-likeness (QED) is 0.501. The van der Waals surface area contributed by atoms with Gasteiger partial charge in [0.1, 0.15) is 0 Å². The Morgan fingerprint density at radius 3 is 2.00 bits per heavy atom. The highest BCUT2D eigenvalue weighted by atomic mass is 32.2. The fraction of sp³-hybridized carbons (Fsp3) is 0.192. The van der Waals surface area contributed by atoms with E-state index in [1.807, 2.05) is 67.6 Å². The van der Waals surface area contributed by atoms with E-state index in [0.29, 0.717) is 11.1 Å². The summed E-state index contributed by atoms with van der Waals surface area (Å²) in [6, 6.07) is 23.9. The van der Waals surface area contributed by atoms with Crippen LogP contribution in [0.25, 0.3) is 0 Å². The number of carbonyl (C=O) groups excluding carboxylic acids is 1. The summed E-state index contributed by atoms with van der Waals surface area (Å²) in [5.74, 6) is -0.510. The van der Waals surface area contributed by atoms with Crippen LogP contribution in [0.1, 0.15) is 35.7 Å². The number of ether oxygens (including phenoxy) is 1. The van der Waals surface area contributed by atoms with Crippen LogP contribution in [-0.4, -0.2) is 25.3 Å². The number of hydrogen-bond donors (Lipinski definition) is 0. The van der Waals surface area contributed by atoms with Gasteiger partial charge in [-0.1, -0.05) is 78.4 Å². The summed E-state index contributed by atoms with van der Waals surface area (Å²) < 4.78 is 34.7. The van der Waals surface area contributed by atoms with Crippen LogP contribution in [0.4, 0.5) is 0 Å². The second-order valence-corrected chi connectivity index (χ2v) is 9.50. The van der Waals surface area contributed by atoms with Gasteiger partial charge in [0.25, 0.3) is 0 Å². The predicted octanol–water partition coefficient (Wildman–Crippen LogP) is 4.97. The number of sulfonamides is 1. The third-order valence-corrected chi connectivity index (χ3v) is 7.39. The lowest BCUT2D eigenvalue weighted by Gasteiger charge is -2.31. The number of aryl methyl sites for hydroxylation is 1. The second-order valence-electron chi connectivity index (χ2n) is 7.66. The van der Waals surface area contributed by atoms with Gasteiger partial charge in [0, 0.05) is 0 Å². The standard InChI is InChI=1S/C26H25NO4S/c1-3-31-26(28)23-18-24(20-10-6-4-7-11-20)27(25(23)21-12-8-5-9-13-21)32(29,30)22-16-14-19(2)15-17-22/h4-18,24-25H,3H2,1-2H3/t24-,25-/m0/s1. The van der Waals surface area contributed by atoms with E-state index in [-0.39, 0.29) is 11.5 Å². The summed E-state index contributed by atoms with van der Waals surface area (Å²) in [7, 11) is -3.96. The first-order valence-corrected chi connectivity index (χ1v) is 12.0. The third-order valence-electron chi connectivity index (χ3n) is 5.52. The van der Waals surface area contributed by atoms with E-state index in [1.165, 1.54) is 4.31 Å². The summed E-state index contributed by atoms with van der Waals surface area (Å²) in [5, 5.41) is 0. The number of rotatable bonds is 6. The van der Waals surface area contributed by atoms with Crippen LogP contribution in [0.15, 0.2) is 101 Å². The predicted molar refractivity (Wildman–Crippen MR) is 123 cm³/mol. The first-order valence-electron chi connectivity index (χ1n) is 10.5. The largest absolute Gasteiger partial charge is 0.463 e. The van der Waals surface area contributed by atoms with E-state index in [1.54, 1.807) is 37.3 Å². The van der Waals surface area contributed by atoms with Gasteiger partial charge in [-0.15, -0.1) is 0 Å². The molecule has 3 aromatic carbocycles. The maximum Gasteiger partial charge on any atom is 0.335 e. The van der Waals surface area contributed by atoms with Crippen molar-refractivity contribution in [1.29, 1.82) is 0 Å². The lowest BCUT2D eigenvalue weighted by Crippen LogP contribution is -2.35. The van der Waals surface area contributed by atoms with Crippen LogP contribution in [0, 0.1) is 6.92 Å². The van der Waals surface area contributed by atoms with Crippen molar-refractivity contribution in [3.63, 3.8) is 0 Å². The molecule has 2 atom stereocenters. The smallest absolute Gasteiger partial charge is 0.335 e. The Bertz CT molecular complexity index is 1220. The minimum atomic E-state index is -3.96. The van der Waals surface area contributed by atoms with Crippen molar-refractivity contribution in [1.82, 2.24) is 4.31 Å². The summed E-state index contributed by atoms with van der Waals surface area (Å²) in [4.78, 5) is 13.1. The van der Waals surface area contributed by atoms with Gasteiger partial charge in [-0.2, -0.15) is 4.31 Å². The van der Waals surface area contributed by atoms with Gasteiger partial charge in [0.05, 0.1) is 29.2 Å². The zero-order valence-electron chi connectivity index (χ0n) is 18.0. The molecule has 5 nitrogen and oxygen atoms in total. The SMILES string of the molecule is CCOC(=O)C1=C[C@@H](c2ccccc2)N(S(=O)(=O)c2ccc(C)cc2)[C@H]1c1ccccc1. The molecule has 4 rings (SSSR count). The topological polar surface area (TPSA) is 63.7 Å². The molecule has 0 unspecified atom stereocenters. The fourth-order valence-corrected chi connectivity index (χ4v) is 5.72. The molecule has 0 spiro atoms. The van der Waals surface area contributed by atoms with E-state index in [0.717, 1.165) is 11.1 Å². The highest BCUT2D eigenvalue weighted by molar-refractivity contribution is 7.89. The molecule has 0 saturated carbocycles. The Labute approximate surface area is 189 Å². The first-order chi connectivity index (χ1) is 15.4. The molecule has 0 radical (unpaired) electrons. The van der Waals surface area contributed by atoms with Crippen molar-refractivity contribution in [3.8, 4) is 0 Å². The molecule has 0 amide bonds. The monoisotopic (exact) mass is 447 g/mol. The summed E-state index contributed by atoms with van der Waals surface area (Å²) in [6.07, 6.45) is 1.72. The molecule has 1 aliphatic heterocycles. The Kier molecular flexibility index (Phi) is 6.26. The number of hydrogen-bond acceptors (Lipinski definition) is 4. The number of esters is 1. The maximum absolute atomic E-state index is 14.0. The fourth-order valence-electron chi connectivity index (χ4n) is 4.00. The van der Waals surface area contributed by atoms with Gasteiger partial charge in [0.15, 0.2) is 0 Å². The molecular formula is C26H25NO4S. The minimum Gasteiger partial charge on any atom is -0.463 e. The second kappa shape index (κ2) is 9.10. The van der Waals surface area contributed by atoms with Crippen molar-refractivity contribution in [2.45, 2.75) is 30.8 Å². The lowest BCUT2D eigenvalue weighted by atomic mass is 10.0. The van der Waals surface area contributed by atoms with Crippen molar-refractivity contribution in [2.24, 2.45) is 0 Å². The number of nitrogens with zero attached hydrogens (tertiary/aromatic N) is 1. The van der Waals surface area contributed by atoms with Gasteiger partial charge in [0.2, 0.25) is 10.0 Å². The highest BCUT2D eigenvalue weighted by Crippen LogP contribution is 2.47. The van der Waals surface area contributed by atoms with E-state index in [2.05, 4.69) is 0 Å². The molecule has 0 saturated heterocycles. The molecule has 0 N–H and O–H groups in total. The molecule has 1 heterocycles. The lowest BCUT2D eigenvalue weighted by molar-refractivity contribution is -0.138. The van der Waals surface area contributed by atoms with Gasteiger partial charge in [-0.3, -0.25) is 0 Å². The van der Waals surface area contributed by atoms with Crippen LogP contribution in [0.5, 0.6) is 0 Å². The van der Waals surface area contributed by atoms with Crippen LogP contribution in [0.2, 0.25) is 0 Å². The molecule has 0 aromatic heterocycles. The molecule has 0 aliphatic carbocycles. The van der Waals surface area contributed by atoms with Crippen LogP contribution in [0.3, 0.4) is 0 Å². The van der Waals surface area contributed by atoms with Crippen molar-refractivity contribution in [2.75, 3.05) is 6.61 Å². The Balaban J connectivity index is 1.93. The molecule has 3 aromatic rings. The molecule has 0 bridgehead atoms. The average molecular weight is 448 g/mol. The molecular weight excluding hydrogens is 422 g/mol. The van der Waals surface area contributed by atoms with Gasteiger partial charge in [-0.25, -0.2) is 13.2 Å². The minimum absolute atomic E-state index is 0.184.